The lowest BCUT2D eigenvalue weighted by Crippen LogP contribution is -2.22. The van der Waals surface area contributed by atoms with E-state index in [1.54, 1.807) is 0 Å². The van der Waals surface area contributed by atoms with E-state index < -0.39 is 23.9 Å². The van der Waals surface area contributed by atoms with Crippen LogP contribution in [0.5, 0.6) is 0 Å². The normalized spacial score (nSPS) is 13.9. The van der Waals surface area contributed by atoms with Crippen LogP contribution in [0.1, 0.15) is 5.01 Å². The number of aliphatic hydroxyl groups is 2. The zero-order chi connectivity index (χ0) is 11.5. The van der Waals surface area contributed by atoms with Gasteiger partial charge in [-0.15, -0.1) is 10.2 Å². The molecule has 0 aliphatic heterocycles. The highest BCUT2D eigenvalue weighted by Gasteiger charge is 2.35. The van der Waals surface area contributed by atoms with Crippen molar-refractivity contribution < 1.29 is 23.4 Å². The number of hydrogen-bond acceptors (Lipinski definition) is 6. The predicted molar refractivity (Wildman–Crippen MR) is 46.5 cm³/mol. The molecule has 9 heteroatoms. The first-order valence-corrected chi connectivity index (χ1v) is 4.68. The van der Waals surface area contributed by atoms with Crippen LogP contribution in [0.4, 0.5) is 18.3 Å². The molecular weight excluding hydrogens is 235 g/mol. The molecule has 1 heterocycles. The summed E-state index contributed by atoms with van der Waals surface area (Å²) in [5.41, 5.74) is 0. The zero-order valence-electron chi connectivity index (χ0n) is 7.32. The number of aromatic nitrogens is 2. The number of aliphatic hydroxyl groups excluding tert-OH is 2. The van der Waals surface area contributed by atoms with Crippen LogP contribution in [0.3, 0.4) is 0 Å². The molecule has 15 heavy (non-hydrogen) atoms. The molecule has 0 saturated carbocycles. The first-order valence-electron chi connectivity index (χ1n) is 3.87. The second kappa shape index (κ2) is 4.73. The summed E-state index contributed by atoms with van der Waals surface area (Å²) in [6.45, 7) is -0.555. The second-order valence-electron chi connectivity index (χ2n) is 2.63. The fraction of sp³-hybridized carbons (Fsp3) is 0.667. The SMILES string of the molecule is OCC(O)CNc1nnc(C(F)(F)F)s1. The Kier molecular flexibility index (Phi) is 3.83. The molecular formula is C6H8F3N3O2S. The maximum Gasteiger partial charge on any atom is 0.445 e. The van der Waals surface area contributed by atoms with Gasteiger partial charge in [0.05, 0.1) is 12.7 Å². The van der Waals surface area contributed by atoms with Crippen molar-refractivity contribution in [1.29, 1.82) is 0 Å². The van der Waals surface area contributed by atoms with Crippen molar-refractivity contribution >= 4 is 16.5 Å². The van der Waals surface area contributed by atoms with Crippen LogP contribution in [0, 0.1) is 0 Å². The second-order valence-corrected chi connectivity index (χ2v) is 3.60. The standard InChI is InChI=1S/C6H8F3N3O2S/c7-6(8,9)4-11-12-5(15-4)10-1-3(14)2-13/h3,13-14H,1-2H2,(H,10,12). The van der Waals surface area contributed by atoms with Gasteiger partial charge in [-0.3, -0.25) is 0 Å². The van der Waals surface area contributed by atoms with Crippen molar-refractivity contribution in [3.8, 4) is 0 Å². The topological polar surface area (TPSA) is 78.3 Å². The summed E-state index contributed by atoms with van der Waals surface area (Å²) in [5, 5.41) is 24.8. The summed E-state index contributed by atoms with van der Waals surface area (Å²) >= 11 is 0.341. The van der Waals surface area contributed by atoms with Gasteiger partial charge in [0.25, 0.3) is 0 Å². The van der Waals surface area contributed by atoms with Gasteiger partial charge in [-0.25, -0.2) is 0 Å². The van der Waals surface area contributed by atoms with Gasteiger partial charge in [-0.1, -0.05) is 11.3 Å². The van der Waals surface area contributed by atoms with Crippen molar-refractivity contribution in [1.82, 2.24) is 10.2 Å². The van der Waals surface area contributed by atoms with E-state index in [0.717, 1.165) is 0 Å². The lowest BCUT2D eigenvalue weighted by Gasteiger charge is -2.06. The quantitative estimate of drug-likeness (QED) is 0.710. The van der Waals surface area contributed by atoms with Gasteiger partial charge in [0.15, 0.2) is 0 Å². The van der Waals surface area contributed by atoms with Crippen LogP contribution in [-0.2, 0) is 6.18 Å². The predicted octanol–water partition coefficient (Wildman–Crippen LogP) is 0.322. The minimum absolute atomic E-state index is 0.0465. The molecule has 0 aliphatic rings. The van der Waals surface area contributed by atoms with Crippen molar-refractivity contribution in [2.75, 3.05) is 18.5 Å². The molecule has 0 amide bonds. The molecule has 1 unspecified atom stereocenters. The van der Waals surface area contributed by atoms with Gasteiger partial charge in [-0.2, -0.15) is 13.2 Å². The first-order chi connectivity index (χ1) is 6.93. The Morgan fingerprint density at radius 3 is 2.53 bits per heavy atom. The van der Waals surface area contributed by atoms with Crippen molar-refractivity contribution in [3.05, 3.63) is 5.01 Å². The summed E-state index contributed by atoms with van der Waals surface area (Å²) in [6, 6.07) is 0. The number of nitrogens with zero attached hydrogens (tertiary/aromatic N) is 2. The fourth-order valence-corrected chi connectivity index (χ4v) is 1.30. The van der Waals surface area contributed by atoms with E-state index in [0.29, 0.717) is 11.3 Å². The van der Waals surface area contributed by atoms with Crippen LogP contribution < -0.4 is 5.32 Å². The van der Waals surface area contributed by atoms with E-state index in [4.69, 9.17) is 10.2 Å². The average molecular weight is 243 g/mol. The molecule has 1 rings (SSSR count). The molecule has 0 aromatic carbocycles. The van der Waals surface area contributed by atoms with E-state index in [1.165, 1.54) is 0 Å². The zero-order valence-corrected chi connectivity index (χ0v) is 8.14. The van der Waals surface area contributed by atoms with E-state index >= 15 is 0 Å². The Morgan fingerprint density at radius 1 is 1.40 bits per heavy atom. The van der Waals surface area contributed by atoms with Gasteiger partial charge >= 0.3 is 6.18 Å². The molecule has 5 nitrogen and oxygen atoms in total. The molecule has 0 fully saturated rings. The third-order valence-electron chi connectivity index (χ3n) is 1.37. The van der Waals surface area contributed by atoms with Gasteiger partial charge < -0.3 is 15.5 Å². The first kappa shape index (κ1) is 12.1. The number of hydrogen-bond donors (Lipinski definition) is 3. The van der Waals surface area contributed by atoms with Crippen LogP contribution in [0.25, 0.3) is 0 Å². The molecule has 1 aromatic rings. The molecule has 0 aliphatic carbocycles. The minimum Gasteiger partial charge on any atom is -0.394 e. The van der Waals surface area contributed by atoms with Crippen molar-refractivity contribution in [2.45, 2.75) is 12.3 Å². The fourth-order valence-electron chi connectivity index (χ4n) is 0.679. The van der Waals surface area contributed by atoms with Crippen molar-refractivity contribution in [2.24, 2.45) is 0 Å². The highest BCUT2D eigenvalue weighted by Crippen LogP contribution is 2.32. The number of rotatable bonds is 4. The lowest BCUT2D eigenvalue weighted by atomic mass is 10.4. The monoisotopic (exact) mass is 243 g/mol. The molecule has 1 aromatic heterocycles. The van der Waals surface area contributed by atoms with Crippen LogP contribution in [-0.4, -0.2) is 39.7 Å². The van der Waals surface area contributed by atoms with E-state index in [9.17, 15) is 13.2 Å². The Bertz CT molecular complexity index is 317. The Hall–Kier alpha value is -0.930. The lowest BCUT2D eigenvalue weighted by molar-refractivity contribution is -0.138. The summed E-state index contributed by atoms with van der Waals surface area (Å²) in [7, 11) is 0. The Labute approximate surface area is 86.6 Å². The highest BCUT2D eigenvalue weighted by atomic mass is 32.1. The number of alkyl halides is 3. The molecule has 0 spiro atoms. The van der Waals surface area contributed by atoms with Crippen LogP contribution in [0.2, 0.25) is 0 Å². The number of halogens is 3. The largest absolute Gasteiger partial charge is 0.445 e. The third-order valence-corrected chi connectivity index (χ3v) is 2.29. The molecule has 3 N–H and O–H groups in total. The summed E-state index contributed by atoms with van der Waals surface area (Å²) < 4.78 is 36.2. The molecule has 0 bridgehead atoms. The summed E-state index contributed by atoms with van der Waals surface area (Å²) in [5.74, 6) is 0. The van der Waals surface area contributed by atoms with E-state index in [2.05, 4.69) is 15.5 Å². The molecule has 0 radical (unpaired) electrons. The minimum atomic E-state index is -4.51. The van der Waals surface area contributed by atoms with E-state index in [-0.39, 0.29) is 11.7 Å². The highest BCUT2D eigenvalue weighted by molar-refractivity contribution is 7.15. The Balaban J connectivity index is 2.54. The molecule has 0 saturated heterocycles. The smallest absolute Gasteiger partial charge is 0.394 e. The summed E-state index contributed by atoms with van der Waals surface area (Å²) in [4.78, 5) is 0. The molecule has 1 atom stereocenters. The maximum absolute atomic E-state index is 12.1. The van der Waals surface area contributed by atoms with Gasteiger partial charge in [0.1, 0.15) is 0 Å². The third kappa shape index (κ3) is 3.61. The average Bonchev–Trinajstić information content (AvgIpc) is 2.61. The van der Waals surface area contributed by atoms with Crippen LogP contribution in [0.15, 0.2) is 0 Å². The number of nitrogens with one attached hydrogen (secondary N) is 1. The summed E-state index contributed by atoms with van der Waals surface area (Å²) in [6.07, 6.45) is -5.55. The van der Waals surface area contributed by atoms with E-state index in [1.807, 2.05) is 0 Å². The van der Waals surface area contributed by atoms with Crippen LogP contribution >= 0.6 is 11.3 Å². The van der Waals surface area contributed by atoms with Gasteiger partial charge in [0, 0.05) is 6.54 Å². The maximum atomic E-state index is 12.1. The van der Waals surface area contributed by atoms with Crippen molar-refractivity contribution in [3.63, 3.8) is 0 Å². The van der Waals surface area contributed by atoms with Gasteiger partial charge in [-0.05, 0) is 0 Å². The van der Waals surface area contributed by atoms with Gasteiger partial charge in [0.2, 0.25) is 10.1 Å². The Morgan fingerprint density at radius 2 is 2.07 bits per heavy atom. The number of anilines is 1. The molecule has 86 valence electrons.